The van der Waals surface area contributed by atoms with Gasteiger partial charge in [0.05, 0.1) is 0 Å². The first-order valence-corrected chi connectivity index (χ1v) is 10.7. The summed E-state index contributed by atoms with van der Waals surface area (Å²) in [6, 6.07) is 0. The van der Waals surface area contributed by atoms with E-state index in [1.54, 1.807) is 0 Å². The second-order valence-corrected chi connectivity index (χ2v) is 7.60. The van der Waals surface area contributed by atoms with Gasteiger partial charge in [-0.2, -0.15) is 0 Å². The molecule has 1 rings (SSSR count). The van der Waals surface area contributed by atoms with Gasteiger partial charge in [0.2, 0.25) is 0 Å². The molecule has 0 saturated heterocycles. The molecule has 1 aliphatic rings. The van der Waals surface area contributed by atoms with E-state index < -0.39 is 5.97 Å². The van der Waals surface area contributed by atoms with Crippen molar-refractivity contribution in [2.75, 3.05) is 0 Å². The molecule has 1 fully saturated rings. The van der Waals surface area contributed by atoms with Gasteiger partial charge in [-0.1, -0.05) is 110 Å². The van der Waals surface area contributed by atoms with Crippen molar-refractivity contribution in [1.82, 2.24) is 0 Å². The Morgan fingerprint density at radius 2 is 1.32 bits per heavy atom. The zero-order valence-corrected chi connectivity index (χ0v) is 16.7. The summed E-state index contributed by atoms with van der Waals surface area (Å²) in [5, 5.41) is 8.63. The molecular formula is C23H42O2. The van der Waals surface area contributed by atoms with Crippen LogP contribution in [0.4, 0.5) is 0 Å². The summed E-state index contributed by atoms with van der Waals surface area (Å²) in [4.78, 5) is 10.5. The molecule has 1 saturated carbocycles. The lowest BCUT2D eigenvalue weighted by atomic mass is 9.86. The van der Waals surface area contributed by atoms with E-state index in [1.807, 2.05) is 0 Å². The molecule has 2 atom stereocenters. The lowest BCUT2D eigenvalue weighted by Crippen LogP contribution is -2.08. The van der Waals surface area contributed by atoms with Crippen LogP contribution in [0.1, 0.15) is 110 Å². The van der Waals surface area contributed by atoms with Crippen LogP contribution in [0.25, 0.3) is 0 Å². The molecule has 146 valence electrons. The van der Waals surface area contributed by atoms with Crippen molar-refractivity contribution in [2.45, 2.75) is 110 Å². The van der Waals surface area contributed by atoms with Gasteiger partial charge in [0, 0.05) is 6.42 Å². The highest BCUT2D eigenvalue weighted by Crippen LogP contribution is 2.38. The molecule has 1 N–H and O–H groups in total. The lowest BCUT2D eigenvalue weighted by Gasteiger charge is -2.19. The number of unbranched alkanes of at least 4 members (excludes halogenated alkanes) is 8. The molecule has 2 heteroatoms. The monoisotopic (exact) mass is 350 g/mol. The first-order chi connectivity index (χ1) is 12.2. The van der Waals surface area contributed by atoms with Crippen LogP contribution < -0.4 is 0 Å². The predicted octanol–water partition coefficient (Wildman–Crippen LogP) is 7.54. The molecule has 0 aromatic rings. The summed E-state index contributed by atoms with van der Waals surface area (Å²) < 4.78 is 0. The van der Waals surface area contributed by atoms with E-state index in [4.69, 9.17) is 5.11 Å². The van der Waals surface area contributed by atoms with Crippen molar-refractivity contribution in [3.63, 3.8) is 0 Å². The number of hydrogen-bond acceptors (Lipinski definition) is 1. The Balaban J connectivity index is 0.00000178. The summed E-state index contributed by atoms with van der Waals surface area (Å²) >= 11 is 0. The summed E-state index contributed by atoms with van der Waals surface area (Å²) in [6.07, 6.45) is 20.6. The summed E-state index contributed by atoms with van der Waals surface area (Å²) in [5.74, 6) is 1.34. The second kappa shape index (κ2) is 17.8. The van der Waals surface area contributed by atoms with Crippen LogP contribution in [0.2, 0.25) is 0 Å². The van der Waals surface area contributed by atoms with E-state index in [0.717, 1.165) is 24.7 Å². The van der Waals surface area contributed by atoms with Crippen molar-refractivity contribution in [2.24, 2.45) is 11.8 Å². The molecule has 0 aliphatic heterocycles. The number of carbonyl (C=O) groups is 1. The van der Waals surface area contributed by atoms with Crippen LogP contribution in [0.3, 0.4) is 0 Å². The largest absolute Gasteiger partial charge is 0.481 e. The molecule has 2 nitrogen and oxygen atoms in total. The van der Waals surface area contributed by atoms with Gasteiger partial charge in [-0.3, -0.25) is 4.79 Å². The van der Waals surface area contributed by atoms with Crippen molar-refractivity contribution >= 4 is 5.97 Å². The highest BCUT2D eigenvalue weighted by atomic mass is 16.4. The minimum atomic E-state index is -0.644. The smallest absolute Gasteiger partial charge is 0.303 e. The van der Waals surface area contributed by atoms with Crippen LogP contribution in [0, 0.1) is 11.8 Å². The van der Waals surface area contributed by atoms with Crippen LogP contribution in [0.15, 0.2) is 18.9 Å². The standard InChI is InChI=1S/C20H38O2.C3H4/c1-2-3-4-5-6-9-13-18-15-12-16-19(18)14-10-7-8-11-17-20(21)22;1-3-2/h18-19H,2-17H2,1H3,(H,21,22);1-2H2/t18-,19-;/m0./s1. The number of carboxylic acid groups (broad SMARTS) is 1. The molecular weight excluding hydrogens is 308 g/mol. The molecule has 25 heavy (non-hydrogen) atoms. The highest BCUT2D eigenvalue weighted by molar-refractivity contribution is 5.66. The molecule has 0 aromatic heterocycles. The third-order valence-electron chi connectivity index (χ3n) is 5.46. The van der Waals surface area contributed by atoms with Gasteiger partial charge in [0.25, 0.3) is 0 Å². The number of aliphatic carboxylic acids is 1. The second-order valence-electron chi connectivity index (χ2n) is 7.60. The van der Waals surface area contributed by atoms with Gasteiger partial charge in [0.15, 0.2) is 0 Å². The molecule has 0 spiro atoms. The number of carboxylic acids is 1. The minimum Gasteiger partial charge on any atom is -0.481 e. The first-order valence-electron chi connectivity index (χ1n) is 10.7. The van der Waals surface area contributed by atoms with Gasteiger partial charge in [0.1, 0.15) is 0 Å². The van der Waals surface area contributed by atoms with Gasteiger partial charge >= 0.3 is 5.97 Å². The van der Waals surface area contributed by atoms with Crippen molar-refractivity contribution in [3.8, 4) is 0 Å². The Morgan fingerprint density at radius 1 is 0.880 bits per heavy atom. The van der Waals surface area contributed by atoms with E-state index in [1.165, 1.54) is 83.5 Å². The third kappa shape index (κ3) is 15.0. The molecule has 0 unspecified atom stereocenters. The maximum absolute atomic E-state index is 10.5. The summed E-state index contributed by atoms with van der Waals surface area (Å²) in [5.41, 5.74) is 2.25. The van der Waals surface area contributed by atoms with Gasteiger partial charge < -0.3 is 5.11 Å². The van der Waals surface area contributed by atoms with Crippen molar-refractivity contribution in [3.05, 3.63) is 18.9 Å². The SMILES string of the molecule is C=C=C.CCCCCCCC[C@H]1CCC[C@@H]1CCCCCCC(=O)O. The van der Waals surface area contributed by atoms with E-state index in [-0.39, 0.29) is 0 Å². The maximum Gasteiger partial charge on any atom is 0.303 e. The van der Waals surface area contributed by atoms with Crippen LogP contribution in [-0.4, -0.2) is 11.1 Å². The normalized spacial score (nSPS) is 19.1. The summed E-state index contributed by atoms with van der Waals surface area (Å²) in [6.45, 7) is 8.53. The maximum atomic E-state index is 10.5. The molecule has 0 amide bonds. The predicted molar refractivity (Wildman–Crippen MR) is 109 cm³/mol. The Labute approximate surface area is 156 Å². The fourth-order valence-corrected chi connectivity index (χ4v) is 4.10. The van der Waals surface area contributed by atoms with Crippen molar-refractivity contribution < 1.29 is 9.90 Å². The van der Waals surface area contributed by atoms with Gasteiger partial charge in [-0.05, 0) is 18.3 Å². The van der Waals surface area contributed by atoms with Crippen LogP contribution >= 0.6 is 0 Å². The summed E-state index contributed by atoms with van der Waals surface area (Å²) in [7, 11) is 0. The fourth-order valence-electron chi connectivity index (χ4n) is 4.10. The Kier molecular flexibility index (Phi) is 17.1. The fraction of sp³-hybridized carbons (Fsp3) is 0.826. The molecule has 0 heterocycles. The average molecular weight is 351 g/mol. The van der Waals surface area contributed by atoms with E-state index in [9.17, 15) is 4.79 Å². The van der Waals surface area contributed by atoms with E-state index in [2.05, 4.69) is 25.8 Å². The average Bonchev–Trinajstić information content (AvgIpc) is 3.02. The van der Waals surface area contributed by atoms with E-state index >= 15 is 0 Å². The van der Waals surface area contributed by atoms with E-state index in [0.29, 0.717) is 6.42 Å². The minimum absolute atomic E-state index is 0.351. The third-order valence-corrected chi connectivity index (χ3v) is 5.46. The van der Waals surface area contributed by atoms with Crippen LogP contribution in [-0.2, 0) is 4.79 Å². The quantitative estimate of drug-likeness (QED) is 0.259. The lowest BCUT2D eigenvalue weighted by molar-refractivity contribution is -0.137. The van der Waals surface area contributed by atoms with Crippen LogP contribution in [0.5, 0.6) is 0 Å². The van der Waals surface area contributed by atoms with Crippen molar-refractivity contribution in [1.29, 1.82) is 0 Å². The Hall–Kier alpha value is -1.01. The molecule has 0 aromatic carbocycles. The topological polar surface area (TPSA) is 37.3 Å². The molecule has 1 aliphatic carbocycles. The highest BCUT2D eigenvalue weighted by Gasteiger charge is 2.25. The zero-order valence-electron chi connectivity index (χ0n) is 16.7. The van der Waals surface area contributed by atoms with Gasteiger partial charge in [-0.25, -0.2) is 0 Å². The number of hydrogen-bond donors (Lipinski definition) is 1. The Morgan fingerprint density at radius 3 is 1.80 bits per heavy atom. The first kappa shape index (κ1) is 24.0. The zero-order chi connectivity index (χ0) is 18.8. The number of rotatable bonds is 14. The van der Waals surface area contributed by atoms with Gasteiger partial charge in [-0.15, -0.1) is 5.73 Å². The molecule has 0 radical (unpaired) electrons. The molecule has 0 bridgehead atoms. The Bertz CT molecular complexity index is 342.